The topological polar surface area (TPSA) is 59.3 Å². The molecule has 0 spiro atoms. The Labute approximate surface area is 135 Å². The molecule has 6 heteroatoms. The number of amides is 1. The summed E-state index contributed by atoms with van der Waals surface area (Å²) < 4.78 is 2.57. The van der Waals surface area contributed by atoms with Crippen LogP contribution < -0.4 is 5.32 Å². The molecule has 1 fully saturated rings. The number of halogens is 1. The van der Waals surface area contributed by atoms with Gasteiger partial charge in [0.15, 0.2) is 5.65 Å². The number of fused-ring (bicyclic) bond motifs is 1. The Balaban J connectivity index is 1.61. The van der Waals surface area contributed by atoms with E-state index < -0.39 is 5.41 Å². The third kappa shape index (κ3) is 2.20. The van der Waals surface area contributed by atoms with Crippen LogP contribution in [0.4, 0.5) is 5.95 Å². The molecule has 0 saturated heterocycles. The largest absolute Gasteiger partial charge is 0.292 e. The molecular weight excluding hydrogens is 344 g/mol. The molecule has 1 saturated carbocycles. The molecule has 1 aromatic carbocycles. The fourth-order valence-electron chi connectivity index (χ4n) is 2.66. The van der Waals surface area contributed by atoms with Crippen LogP contribution in [0.5, 0.6) is 0 Å². The van der Waals surface area contributed by atoms with Gasteiger partial charge in [0.25, 0.3) is 0 Å². The van der Waals surface area contributed by atoms with E-state index in [0.29, 0.717) is 11.6 Å². The first-order valence-electron chi connectivity index (χ1n) is 7.06. The van der Waals surface area contributed by atoms with Gasteiger partial charge in [-0.3, -0.25) is 10.1 Å². The molecule has 3 aromatic rings. The lowest BCUT2D eigenvalue weighted by atomic mass is 9.95. The summed E-state index contributed by atoms with van der Waals surface area (Å²) in [5.74, 6) is 0.305. The second-order valence-electron chi connectivity index (χ2n) is 5.49. The molecule has 5 nitrogen and oxygen atoms in total. The first kappa shape index (κ1) is 13.5. The Kier molecular flexibility index (Phi) is 3.00. The number of nitrogens with one attached hydrogen (secondary N) is 1. The van der Waals surface area contributed by atoms with Crippen LogP contribution in [0.3, 0.4) is 0 Å². The second kappa shape index (κ2) is 4.91. The summed E-state index contributed by atoms with van der Waals surface area (Å²) in [5.41, 5.74) is 1.33. The molecule has 0 aliphatic heterocycles. The molecule has 0 unspecified atom stereocenters. The van der Waals surface area contributed by atoms with Crippen LogP contribution in [0, 0.1) is 0 Å². The van der Waals surface area contributed by atoms with E-state index >= 15 is 0 Å². The smallest absolute Gasteiger partial charge is 0.249 e. The minimum atomic E-state index is -0.417. The summed E-state index contributed by atoms with van der Waals surface area (Å²) in [6.07, 6.45) is 3.52. The summed E-state index contributed by atoms with van der Waals surface area (Å²) >= 11 is 3.40. The third-order valence-corrected chi connectivity index (χ3v) is 4.53. The summed E-state index contributed by atoms with van der Waals surface area (Å²) in [4.78, 5) is 17.0. The van der Waals surface area contributed by atoms with Gasteiger partial charge in [-0.05, 0) is 30.5 Å². The zero-order valence-corrected chi connectivity index (χ0v) is 13.2. The number of hydrogen-bond donors (Lipinski definition) is 1. The van der Waals surface area contributed by atoms with Crippen molar-refractivity contribution in [3.8, 4) is 0 Å². The molecule has 0 bridgehead atoms. The van der Waals surface area contributed by atoms with Gasteiger partial charge in [0.05, 0.1) is 5.41 Å². The Morgan fingerprint density at radius 2 is 2.00 bits per heavy atom. The van der Waals surface area contributed by atoms with Gasteiger partial charge in [-0.1, -0.05) is 46.3 Å². The van der Waals surface area contributed by atoms with Gasteiger partial charge >= 0.3 is 0 Å². The zero-order chi connectivity index (χ0) is 15.2. The fourth-order valence-corrected chi connectivity index (χ4v) is 2.98. The normalized spacial score (nSPS) is 15.7. The van der Waals surface area contributed by atoms with E-state index in [9.17, 15) is 4.79 Å². The number of anilines is 1. The van der Waals surface area contributed by atoms with E-state index in [2.05, 4.69) is 31.3 Å². The molecule has 1 amide bonds. The molecule has 0 radical (unpaired) electrons. The molecular formula is C16H13BrN4O. The number of carbonyl (C=O) groups excluding carboxylic acids is 1. The molecule has 22 heavy (non-hydrogen) atoms. The molecule has 1 aliphatic rings. The molecule has 1 aliphatic carbocycles. The van der Waals surface area contributed by atoms with Crippen LogP contribution in [-0.2, 0) is 10.2 Å². The lowest BCUT2D eigenvalue weighted by Gasteiger charge is -2.13. The van der Waals surface area contributed by atoms with Crippen LogP contribution in [0.15, 0.2) is 53.1 Å². The van der Waals surface area contributed by atoms with Crippen molar-refractivity contribution >= 4 is 33.4 Å². The molecule has 1 N–H and O–H groups in total. The van der Waals surface area contributed by atoms with Crippen LogP contribution in [-0.4, -0.2) is 20.5 Å². The summed E-state index contributed by atoms with van der Waals surface area (Å²) in [7, 11) is 0. The monoisotopic (exact) mass is 356 g/mol. The lowest BCUT2D eigenvalue weighted by molar-refractivity contribution is -0.118. The summed E-state index contributed by atoms with van der Waals surface area (Å²) in [6, 6.07) is 13.6. The first-order valence-corrected chi connectivity index (χ1v) is 7.86. The average molecular weight is 357 g/mol. The number of benzene rings is 1. The molecule has 110 valence electrons. The number of pyridine rings is 1. The maximum atomic E-state index is 12.6. The highest BCUT2D eigenvalue weighted by Crippen LogP contribution is 2.48. The van der Waals surface area contributed by atoms with Gasteiger partial charge in [0.1, 0.15) is 0 Å². The van der Waals surface area contributed by atoms with Crippen molar-refractivity contribution in [2.45, 2.75) is 18.3 Å². The quantitative estimate of drug-likeness (QED) is 0.783. The minimum Gasteiger partial charge on any atom is -0.292 e. The first-order chi connectivity index (χ1) is 10.7. The van der Waals surface area contributed by atoms with E-state index in [1.54, 1.807) is 10.7 Å². The minimum absolute atomic E-state index is 0.0336. The Morgan fingerprint density at radius 3 is 2.73 bits per heavy atom. The van der Waals surface area contributed by atoms with E-state index in [1.807, 2.05) is 42.5 Å². The van der Waals surface area contributed by atoms with Gasteiger partial charge in [-0.25, -0.2) is 4.52 Å². The van der Waals surface area contributed by atoms with Crippen molar-refractivity contribution in [1.82, 2.24) is 14.6 Å². The SMILES string of the molecule is O=C(Nc1nc2cc(Br)ccn2n1)C1(c2ccccc2)CC1. The highest BCUT2D eigenvalue weighted by Gasteiger charge is 2.51. The van der Waals surface area contributed by atoms with E-state index in [-0.39, 0.29) is 5.91 Å². The predicted molar refractivity (Wildman–Crippen MR) is 86.7 cm³/mol. The summed E-state index contributed by atoms with van der Waals surface area (Å²) in [5, 5.41) is 7.14. The number of carbonyl (C=O) groups is 1. The lowest BCUT2D eigenvalue weighted by Crippen LogP contribution is -2.28. The predicted octanol–water partition coefficient (Wildman–Crippen LogP) is 3.16. The van der Waals surface area contributed by atoms with E-state index in [4.69, 9.17) is 0 Å². The Bertz CT molecular complexity index is 855. The van der Waals surface area contributed by atoms with Gasteiger partial charge in [-0.15, -0.1) is 5.10 Å². The maximum absolute atomic E-state index is 12.6. The van der Waals surface area contributed by atoms with Crippen molar-refractivity contribution in [1.29, 1.82) is 0 Å². The highest BCUT2D eigenvalue weighted by molar-refractivity contribution is 9.10. The van der Waals surface area contributed by atoms with Crippen molar-refractivity contribution in [3.63, 3.8) is 0 Å². The van der Waals surface area contributed by atoms with Crippen molar-refractivity contribution in [2.24, 2.45) is 0 Å². The van der Waals surface area contributed by atoms with Crippen LogP contribution >= 0.6 is 15.9 Å². The number of hydrogen-bond acceptors (Lipinski definition) is 3. The van der Waals surface area contributed by atoms with Gasteiger partial charge in [0.2, 0.25) is 11.9 Å². The van der Waals surface area contributed by atoms with Gasteiger partial charge < -0.3 is 0 Å². The van der Waals surface area contributed by atoms with Crippen molar-refractivity contribution in [2.75, 3.05) is 5.32 Å². The van der Waals surface area contributed by atoms with Gasteiger partial charge in [-0.2, -0.15) is 4.98 Å². The Morgan fingerprint density at radius 1 is 1.23 bits per heavy atom. The van der Waals surface area contributed by atoms with Crippen molar-refractivity contribution < 1.29 is 4.79 Å². The van der Waals surface area contributed by atoms with Crippen molar-refractivity contribution in [3.05, 3.63) is 58.7 Å². The number of nitrogens with zero attached hydrogens (tertiary/aromatic N) is 3. The van der Waals surface area contributed by atoms with Crippen LogP contribution in [0.25, 0.3) is 5.65 Å². The number of rotatable bonds is 3. The standard InChI is InChI=1S/C16H13BrN4O/c17-12-6-9-21-13(10-12)18-15(20-21)19-14(22)16(7-8-16)11-4-2-1-3-5-11/h1-6,9-10H,7-8H2,(H,19,20,22). The van der Waals surface area contributed by atoms with Crippen LogP contribution in [0.1, 0.15) is 18.4 Å². The summed E-state index contributed by atoms with van der Waals surface area (Å²) in [6.45, 7) is 0. The maximum Gasteiger partial charge on any atom is 0.249 e. The molecule has 2 heterocycles. The zero-order valence-electron chi connectivity index (χ0n) is 11.7. The molecule has 2 aromatic heterocycles. The number of aromatic nitrogens is 3. The molecule has 0 atom stereocenters. The average Bonchev–Trinajstić information content (AvgIpc) is 3.25. The van der Waals surface area contributed by atoms with E-state index in [1.165, 1.54) is 0 Å². The van der Waals surface area contributed by atoms with E-state index in [0.717, 1.165) is 22.9 Å². The Hall–Kier alpha value is -2.21. The molecule has 4 rings (SSSR count). The second-order valence-corrected chi connectivity index (χ2v) is 6.40. The van der Waals surface area contributed by atoms with Crippen LogP contribution in [0.2, 0.25) is 0 Å². The van der Waals surface area contributed by atoms with Gasteiger partial charge in [0, 0.05) is 10.7 Å². The fraction of sp³-hybridized carbons (Fsp3) is 0.188. The highest BCUT2D eigenvalue weighted by atomic mass is 79.9. The third-order valence-electron chi connectivity index (χ3n) is 4.04.